The molecule has 0 aliphatic rings. The molecule has 0 aliphatic carbocycles. The predicted molar refractivity (Wildman–Crippen MR) is 82.6 cm³/mol. The Morgan fingerprint density at radius 1 is 1.09 bits per heavy atom. The molecule has 0 saturated carbocycles. The van der Waals surface area contributed by atoms with Gasteiger partial charge in [-0.05, 0) is 17.7 Å². The van der Waals surface area contributed by atoms with Gasteiger partial charge in [-0.15, -0.1) is 0 Å². The minimum Gasteiger partial charge on any atom is -0.452 e. The highest BCUT2D eigenvalue weighted by molar-refractivity contribution is 6.01. The van der Waals surface area contributed by atoms with Gasteiger partial charge in [-0.2, -0.15) is 0 Å². The second-order valence-corrected chi connectivity index (χ2v) is 4.84. The average molecular weight is 310 g/mol. The molecule has 6 heteroatoms. The van der Waals surface area contributed by atoms with Gasteiger partial charge in [-0.25, -0.2) is 9.78 Å². The lowest BCUT2D eigenvalue weighted by Gasteiger charge is -2.07. The molecular weight excluding hydrogens is 296 g/mol. The molecule has 3 aromatic rings. The number of esters is 1. The van der Waals surface area contributed by atoms with E-state index in [1.807, 2.05) is 30.3 Å². The van der Waals surface area contributed by atoms with E-state index in [2.05, 4.69) is 10.3 Å². The number of hydrogen-bond acceptors (Lipinski definition) is 5. The van der Waals surface area contributed by atoms with Crippen molar-refractivity contribution in [1.29, 1.82) is 0 Å². The monoisotopic (exact) mass is 310 g/mol. The Morgan fingerprint density at radius 2 is 1.91 bits per heavy atom. The third kappa shape index (κ3) is 3.55. The number of rotatable bonds is 5. The maximum atomic E-state index is 12.1. The van der Waals surface area contributed by atoms with Crippen LogP contribution in [0.5, 0.6) is 0 Å². The molecule has 0 saturated heterocycles. The minimum atomic E-state index is -0.612. The van der Waals surface area contributed by atoms with Crippen molar-refractivity contribution in [1.82, 2.24) is 10.3 Å². The van der Waals surface area contributed by atoms with Crippen molar-refractivity contribution in [2.75, 3.05) is 6.61 Å². The predicted octanol–water partition coefficient (Wildman–Crippen LogP) is 2.30. The number of nitrogens with zero attached hydrogens (tertiary/aromatic N) is 1. The molecule has 3 rings (SSSR count). The largest absolute Gasteiger partial charge is 0.452 e. The van der Waals surface area contributed by atoms with Crippen LogP contribution in [0.3, 0.4) is 0 Å². The van der Waals surface area contributed by atoms with E-state index in [0.717, 1.165) is 5.56 Å². The van der Waals surface area contributed by atoms with E-state index in [-0.39, 0.29) is 18.1 Å². The molecule has 0 radical (unpaired) electrons. The van der Waals surface area contributed by atoms with E-state index in [4.69, 9.17) is 9.15 Å². The van der Waals surface area contributed by atoms with Gasteiger partial charge in [-0.1, -0.05) is 36.4 Å². The number of oxazole rings is 1. The van der Waals surface area contributed by atoms with Crippen LogP contribution in [0.2, 0.25) is 0 Å². The number of nitrogens with one attached hydrogen (secondary N) is 1. The van der Waals surface area contributed by atoms with E-state index in [1.165, 1.54) is 6.39 Å². The zero-order chi connectivity index (χ0) is 16.1. The molecule has 1 aromatic heterocycles. The fraction of sp³-hybridized carbons (Fsp3) is 0.118. The van der Waals surface area contributed by atoms with Crippen LogP contribution in [0.1, 0.15) is 15.9 Å². The van der Waals surface area contributed by atoms with E-state index >= 15 is 0 Å². The Kier molecular flexibility index (Phi) is 4.33. The Hall–Kier alpha value is -3.15. The first-order valence-corrected chi connectivity index (χ1v) is 7.04. The maximum absolute atomic E-state index is 12.1. The lowest BCUT2D eigenvalue weighted by molar-refractivity contribution is -0.124. The van der Waals surface area contributed by atoms with Gasteiger partial charge in [0.2, 0.25) is 0 Å². The molecule has 0 aliphatic heterocycles. The molecule has 0 spiro atoms. The molecule has 0 fully saturated rings. The van der Waals surface area contributed by atoms with Gasteiger partial charge in [0.1, 0.15) is 5.52 Å². The van der Waals surface area contributed by atoms with E-state index in [0.29, 0.717) is 17.6 Å². The smallest absolute Gasteiger partial charge is 0.340 e. The number of hydrogen-bond donors (Lipinski definition) is 1. The van der Waals surface area contributed by atoms with Crippen molar-refractivity contribution >= 4 is 23.0 Å². The summed E-state index contributed by atoms with van der Waals surface area (Å²) in [4.78, 5) is 27.8. The lowest BCUT2D eigenvalue weighted by atomic mass is 10.2. The van der Waals surface area contributed by atoms with Crippen LogP contribution in [0.4, 0.5) is 0 Å². The standard InChI is InChI=1S/C17H14N2O4/c20-15(18-9-12-5-2-1-3-6-12)10-22-17(21)13-7-4-8-14-16(13)19-11-23-14/h1-8,11H,9-10H2,(H,18,20). The van der Waals surface area contributed by atoms with Gasteiger partial charge in [0, 0.05) is 6.54 Å². The third-order valence-corrected chi connectivity index (χ3v) is 3.25. The molecule has 1 N–H and O–H groups in total. The number of aromatic nitrogens is 1. The van der Waals surface area contributed by atoms with Crippen molar-refractivity contribution in [3.63, 3.8) is 0 Å². The lowest BCUT2D eigenvalue weighted by Crippen LogP contribution is -2.28. The van der Waals surface area contributed by atoms with E-state index in [1.54, 1.807) is 18.2 Å². The maximum Gasteiger partial charge on any atom is 0.340 e. The highest BCUT2D eigenvalue weighted by Crippen LogP contribution is 2.17. The van der Waals surface area contributed by atoms with Crippen LogP contribution in [-0.4, -0.2) is 23.5 Å². The summed E-state index contributed by atoms with van der Waals surface area (Å²) in [5, 5.41) is 2.69. The van der Waals surface area contributed by atoms with Gasteiger partial charge in [0.25, 0.3) is 5.91 Å². The Morgan fingerprint density at radius 3 is 2.74 bits per heavy atom. The molecule has 1 amide bonds. The van der Waals surface area contributed by atoms with Crippen molar-refractivity contribution in [2.24, 2.45) is 0 Å². The Balaban J connectivity index is 1.54. The van der Waals surface area contributed by atoms with Crippen LogP contribution in [0.25, 0.3) is 11.1 Å². The number of fused-ring (bicyclic) bond motifs is 1. The first-order chi connectivity index (χ1) is 11.2. The molecule has 0 atom stereocenters. The summed E-state index contributed by atoms with van der Waals surface area (Å²) in [6.07, 6.45) is 1.26. The molecule has 0 bridgehead atoms. The first kappa shape index (κ1) is 14.8. The average Bonchev–Trinajstić information content (AvgIpc) is 3.07. The number of amides is 1. The first-order valence-electron chi connectivity index (χ1n) is 7.04. The minimum absolute atomic E-state index is 0.270. The Labute approximate surface area is 132 Å². The molecular formula is C17H14N2O4. The summed E-state index contributed by atoms with van der Waals surface area (Å²) >= 11 is 0. The zero-order valence-electron chi connectivity index (χ0n) is 12.2. The van der Waals surface area contributed by atoms with Gasteiger partial charge in [0.05, 0.1) is 5.56 Å². The van der Waals surface area contributed by atoms with Gasteiger partial charge >= 0.3 is 5.97 Å². The van der Waals surface area contributed by atoms with E-state index in [9.17, 15) is 9.59 Å². The highest BCUT2D eigenvalue weighted by atomic mass is 16.5. The number of carbonyl (C=O) groups excluding carboxylic acids is 2. The van der Waals surface area contributed by atoms with Gasteiger partial charge < -0.3 is 14.5 Å². The van der Waals surface area contributed by atoms with Crippen LogP contribution < -0.4 is 5.32 Å². The molecule has 23 heavy (non-hydrogen) atoms. The number of benzene rings is 2. The molecule has 6 nitrogen and oxygen atoms in total. The van der Waals surface area contributed by atoms with E-state index < -0.39 is 5.97 Å². The fourth-order valence-electron chi connectivity index (χ4n) is 2.11. The summed E-state index contributed by atoms with van der Waals surface area (Å²) in [5.74, 6) is -0.978. The topological polar surface area (TPSA) is 81.4 Å². The molecule has 0 unspecified atom stereocenters. The summed E-state index contributed by atoms with van der Waals surface area (Å²) < 4.78 is 10.1. The summed E-state index contributed by atoms with van der Waals surface area (Å²) in [7, 11) is 0. The van der Waals surface area contributed by atoms with Crippen LogP contribution >= 0.6 is 0 Å². The van der Waals surface area contributed by atoms with Crippen LogP contribution in [0.15, 0.2) is 59.3 Å². The van der Waals surface area contributed by atoms with Crippen LogP contribution in [0, 0.1) is 0 Å². The van der Waals surface area contributed by atoms with Gasteiger partial charge in [-0.3, -0.25) is 4.79 Å². The summed E-state index contributed by atoms with van der Waals surface area (Å²) in [5.41, 5.74) is 2.15. The Bertz CT molecular complexity index is 827. The normalized spacial score (nSPS) is 10.4. The van der Waals surface area contributed by atoms with Gasteiger partial charge in [0.15, 0.2) is 18.6 Å². The number of carbonyl (C=O) groups is 2. The molecule has 1 heterocycles. The van der Waals surface area contributed by atoms with Crippen molar-refractivity contribution < 1.29 is 18.7 Å². The zero-order valence-corrected chi connectivity index (χ0v) is 12.2. The van der Waals surface area contributed by atoms with Crippen molar-refractivity contribution in [2.45, 2.75) is 6.54 Å². The third-order valence-electron chi connectivity index (χ3n) is 3.25. The van der Waals surface area contributed by atoms with Crippen molar-refractivity contribution in [3.05, 3.63) is 66.1 Å². The SMILES string of the molecule is O=C(COC(=O)c1cccc2ocnc12)NCc1ccccc1. The van der Waals surface area contributed by atoms with Crippen molar-refractivity contribution in [3.8, 4) is 0 Å². The molecule has 116 valence electrons. The fourth-order valence-corrected chi connectivity index (χ4v) is 2.11. The quantitative estimate of drug-likeness (QED) is 0.731. The summed E-state index contributed by atoms with van der Waals surface area (Å²) in [6, 6.07) is 14.4. The summed E-state index contributed by atoms with van der Waals surface area (Å²) in [6.45, 7) is 0.0377. The number of para-hydroxylation sites is 1. The molecule has 2 aromatic carbocycles. The second kappa shape index (κ2) is 6.74. The second-order valence-electron chi connectivity index (χ2n) is 4.84. The van der Waals surface area contributed by atoms with Crippen LogP contribution in [-0.2, 0) is 16.1 Å². The highest BCUT2D eigenvalue weighted by Gasteiger charge is 2.15. The number of ether oxygens (including phenoxy) is 1.